The molecule has 0 saturated carbocycles. The summed E-state index contributed by atoms with van der Waals surface area (Å²) in [6.07, 6.45) is 0. The van der Waals surface area contributed by atoms with E-state index in [2.05, 4.69) is 19.2 Å². The molecule has 0 unspecified atom stereocenters. The highest BCUT2D eigenvalue weighted by Gasteiger charge is 2.24. The van der Waals surface area contributed by atoms with Gasteiger partial charge in [0.05, 0.1) is 11.5 Å². The lowest BCUT2D eigenvalue weighted by atomic mass is 9.98. The Bertz CT molecular complexity index is 1280. The van der Waals surface area contributed by atoms with Gasteiger partial charge in [-0.3, -0.25) is 4.79 Å². The Hall–Kier alpha value is -3.01. The number of hydrogen-bond acceptors (Lipinski definition) is 6. The minimum absolute atomic E-state index is 0.0875. The minimum Gasteiger partial charge on any atom is -0.462 e. The third-order valence-electron chi connectivity index (χ3n) is 5.28. The average molecular weight is 501 g/mol. The average Bonchev–Trinajstić information content (AvgIpc) is 3.22. The summed E-state index contributed by atoms with van der Waals surface area (Å²) in [5, 5.41) is 4.98. The molecule has 0 saturated heterocycles. The van der Waals surface area contributed by atoms with E-state index in [9.17, 15) is 18.0 Å². The molecule has 2 aromatic carbocycles. The van der Waals surface area contributed by atoms with Crippen molar-refractivity contribution in [2.24, 2.45) is 0 Å². The maximum Gasteiger partial charge on any atom is 0.341 e. The Morgan fingerprint density at radius 1 is 1.03 bits per heavy atom. The molecule has 34 heavy (non-hydrogen) atoms. The van der Waals surface area contributed by atoms with Crippen LogP contribution in [0.4, 0.5) is 5.00 Å². The first-order valence-electron chi connectivity index (χ1n) is 10.8. The molecule has 0 aliphatic carbocycles. The van der Waals surface area contributed by atoms with E-state index in [0.29, 0.717) is 22.0 Å². The molecule has 0 atom stereocenters. The zero-order valence-corrected chi connectivity index (χ0v) is 21.4. The Kier molecular flexibility index (Phi) is 7.91. The van der Waals surface area contributed by atoms with Crippen LogP contribution in [0.25, 0.3) is 11.1 Å². The number of nitrogens with zero attached hydrogens (tertiary/aromatic N) is 1. The lowest BCUT2D eigenvalue weighted by Crippen LogP contribution is -2.22. The highest BCUT2D eigenvalue weighted by molar-refractivity contribution is 7.89. The lowest BCUT2D eigenvalue weighted by molar-refractivity contribution is 0.0529. The first-order valence-corrected chi connectivity index (χ1v) is 13.1. The molecule has 9 heteroatoms. The number of carbonyl (C=O) groups excluding carboxylic acids is 2. The van der Waals surface area contributed by atoms with Gasteiger partial charge in [-0.1, -0.05) is 38.1 Å². The number of amides is 1. The number of esters is 1. The summed E-state index contributed by atoms with van der Waals surface area (Å²) in [7, 11) is -0.712. The zero-order valence-electron chi connectivity index (χ0n) is 19.8. The third kappa shape index (κ3) is 5.38. The maximum absolute atomic E-state index is 12.9. The van der Waals surface area contributed by atoms with Crippen LogP contribution in [0, 0.1) is 0 Å². The summed E-state index contributed by atoms with van der Waals surface area (Å²) in [6, 6.07) is 13.6. The smallest absolute Gasteiger partial charge is 0.341 e. The second kappa shape index (κ2) is 10.5. The van der Waals surface area contributed by atoms with Gasteiger partial charge in [-0.05, 0) is 48.2 Å². The van der Waals surface area contributed by atoms with Gasteiger partial charge in [-0.15, -0.1) is 11.3 Å². The first kappa shape index (κ1) is 25.6. The van der Waals surface area contributed by atoms with E-state index in [1.165, 1.54) is 55.3 Å². The maximum atomic E-state index is 12.9. The van der Waals surface area contributed by atoms with E-state index >= 15 is 0 Å². The molecule has 1 aromatic heterocycles. The van der Waals surface area contributed by atoms with Gasteiger partial charge in [0.15, 0.2) is 0 Å². The molecule has 0 aliphatic rings. The normalized spacial score (nSPS) is 11.6. The number of carbonyl (C=O) groups is 2. The van der Waals surface area contributed by atoms with Crippen molar-refractivity contribution in [3.05, 3.63) is 70.6 Å². The van der Waals surface area contributed by atoms with Crippen LogP contribution in [-0.4, -0.2) is 45.3 Å². The van der Waals surface area contributed by atoms with Gasteiger partial charge in [0.25, 0.3) is 5.91 Å². The summed E-state index contributed by atoms with van der Waals surface area (Å²) in [6.45, 7) is 6.15. The van der Waals surface area contributed by atoms with Gasteiger partial charge in [-0.2, -0.15) is 0 Å². The zero-order chi connectivity index (χ0) is 25.0. The molecule has 1 heterocycles. The highest BCUT2D eigenvalue weighted by atomic mass is 32.2. The summed E-state index contributed by atoms with van der Waals surface area (Å²) in [5.41, 5.74) is 3.28. The van der Waals surface area contributed by atoms with E-state index in [1.807, 2.05) is 29.6 Å². The Morgan fingerprint density at radius 3 is 2.18 bits per heavy atom. The first-order chi connectivity index (χ1) is 16.1. The van der Waals surface area contributed by atoms with Crippen molar-refractivity contribution < 1.29 is 22.7 Å². The van der Waals surface area contributed by atoms with Crippen LogP contribution in [0.3, 0.4) is 0 Å². The minimum atomic E-state index is -3.60. The van der Waals surface area contributed by atoms with Crippen molar-refractivity contribution in [1.82, 2.24) is 4.31 Å². The quantitative estimate of drug-likeness (QED) is 0.428. The van der Waals surface area contributed by atoms with Gasteiger partial charge in [0, 0.05) is 30.6 Å². The summed E-state index contributed by atoms with van der Waals surface area (Å²) in [4.78, 5) is 25.8. The lowest BCUT2D eigenvalue weighted by Gasteiger charge is -2.12. The highest BCUT2D eigenvalue weighted by Crippen LogP contribution is 2.37. The summed E-state index contributed by atoms with van der Waals surface area (Å²) >= 11 is 1.23. The number of ether oxygens (including phenoxy) is 1. The van der Waals surface area contributed by atoms with E-state index in [1.54, 1.807) is 6.92 Å². The van der Waals surface area contributed by atoms with Crippen LogP contribution < -0.4 is 5.32 Å². The van der Waals surface area contributed by atoms with E-state index in [0.717, 1.165) is 9.87 Å². The summed E-state index contributed by atoms with van der Waals surface area (Å²) in [5.74, 6) is -0.590. The van der Waals surface area contributed by atoms with Crippen molar-refractivity contribution in [2.45, 2.75) is 31.6 Å². The third-order valence-corrected chi connectivity index (χ3v) is 8.01. The van der Waals surface area contributed by atoms with Crippen molar-refractivity contribution >= 4 is 38.2 Å². The van der Waals surface area contributed by atoms with Crippen LogP contribution in [0.2, 0.25) is 0 Å². The SMILES string of the molecule is CCOC(=O)c1c(-c2ccc(C(C)C)cc2)csc1NC(=O)c1ccc(S(=O)(=O)N(C)C)cc1. The molecule has 3 rings (SSSR count). The largest absolute Gasteiger partial charge is 0.462 e. The molecular formula is C25H28N2O5S2. The molecule has 0 aliphatic heterocycles. The molecule has 7 nitrogen and oxygen atoms in total. The monoisotopic (exact) mass is 500 g/mol. The summed E-state index contributed by atoms with van der Waals surface area (Å²) < 4.78 is 30.9. The Morgan fingerprint density at radius 2 is 1.65 bits per heavy atom. The fraction of sp³-hybridized carbons (Fsp3) is 0.280. The molecule has 0 bridgehead atoms. The standard InChI is InChI=1S/C25H28N2O5S2/c1-6-32-25(29)22-21(18-9-7-17(8-10-18)16(2)3)15-33-24(22)26-23(28)19-11-13-20(14-12-19)34(30,31)27(4)5/h7-16H,6H2,1-5H3,(H,26,28). The molecular weight excluding hydrogens is 472 g/mol. The number of rotatable bonds is 8. The fourth-order valence-corrected chi connectivity index (χ4v) is 5.13. The van der Waals surface area contributed by atoms with E-state index in [4.69, 9.17) is 4.74 Å². The van der Waals surface area contributed by atoms with Crippen molar-refractivity contribution in [3.63, 3.8) is 0 Å². The Labute approximate surface area is 204 Å². The van der Waals surface area contributed by atoms with E-state index in [-0.39, 0.29) is 17.1 Å². The van der Waals surface area contributed by atoms with Crippen molar-refractivity contribution in [1.29, 1.82) is 0 Å². The van der Waals surface area contributed by atoms with Crippen LogP contribution in [-0.2, 0) is 14.8 Å². The second-order valence-electron chi connectivity index (χ2n) is 8.12. The molecule has 0 spiro atoms. The predicted octanol–water partition coefficient (Wildman–Crippen LogP) is 5.22. The number of nitrogens with one attached hydrogen (secondary N) is 1. The van der Waals surface area contributed by atoms with Gasteiger partial charge in [0.2, 0.25) is 10.0 Å². The van der Waals surface area contributed by atoms with Gasteiger partial charge < -0.3 is 10.1 Å². The number of benzene rings is 2. The van der Waals surface area contributed by atoms with Crippen LogP contribution in [0.15, 0.2) is 58.8 Å². The van der Waals surface area contributed by atoms with Crippen molar-refractivity contribution in [2.75, 3.05) is 26.0 Å². The Balaban J connectivity index is 1.92. The number of sulfonamides is 1. The second-order valence-corrected chi connectivity index (χ2v) is 11.1. The topological polar surface area (TPSA) is 92.8 Å². The van der Waals surface area contributed by atoms with Crippen molar-refractivity contribution in [3.8, 4) is 11.1 Å². The van der Waals surface area contributed by atoms with Gasteiger partial charge in [0.1, 0.15) is 10.6 Å². The van der Waals surface area contributed by atoms with Gasteiger partial charge in [-0.25, -0.2) is 17.5 Å². The molecule has 0 radical (unpaired) electrons. The van der Waals surface area contributed by atoms with E-state index < -0.39 is 21.9 Å². The van der Waals surface area contributed by atoms with Crippen LogP contribution in [0.1, 0.15) is 53.0 Å². The van der Waals surface area contributed by atoms with Crippen LogP contribution in [0.5, 0.6) is 0 Å². The molecule has 180 valence electrons. The fourth-order valence-electron chi connectivity index (χ4n) is 3.28. The number of thiophene rings is 1. The number of hydrogen-bond donors (Lipinski definition) is 1. The molecule has 1 N–H and O–H groups in total. The number of anilines is 1. The molecule has 3 aromatic rings. The van der Waals surface area contributed by atoms with Gasteiger partial charge >= 0.3 is 5.97 Å². The molecule has 1 amide bonds. The molecule has 0 fully saturated rings. The predicted molar refractivity (Wildman–Crippen MR) is 135 cm³/mol. The van der Waals surface area contributed by atoms with Crippen LogP contribution >= 0.6 is 11.3 Å².